The summed E-state index contributed by atoms with van der Waals surface area (Å²) in [6.07, 6.45) is 3.45. The van der Waals surface area contributed by atoms with Gasteiger partial charge in [0.15, 0.2) is 0 Å². The van der Waals surface area contributed by atoms with E-state index in [0.29, 0.717) is 13.2 Å². The molecule has 0 radical (unpaired) electrons. The lowest BCUT2D eigenvalue weighted by Crippen LogP contribution is -2.21. The van der Waals surface area contributed by atoms with Gasteiger partial charge >= 0.3 is 0 Å². The van der Waals surface area contributed by atoms with Gasteiger partial charge in [-0.2, -0.15) is 0 Å². The molecule has 6 heteroatoms. The average molecular weight is 624 g/mol. The van der Waals surface area contributed by atoms with Crippen molar-refractivity contribution in [3.8, 4) is 11.5 Å². The van der Waals surface area contributed by atoms with Crippen LogP contribution in [0.1, 0.15) is 25.0 Å². The number of halogens is 4. The lowest BCUT2D eigenvalue weighted by molar-refractivity contribution is 0.360. The maximum atomic E-state index is 5.70. The van der Waals surface area contributed by atoms with Crippen LogP contribution in [-0.2, 0) is 5.41 Å². The maximum Gasteiger partial charge on any atom is 0.135 e. The van der Waals surface area contributed by atoms with Gasteiger partial charge in [0.1, 0.15) is 24.7 Å². The van der Waals surface area contributed by atoms with Crippen LogP contribution in [0.15, 0.2) is 67.5 Å². The monoisotopic (exact) mass is 620 g/mol. The molecule has 0 bridgehead atoms. The predicted octanol–water partition coefficient (Wildman–Crippen LogP) is 8.19. The number of hydrogen-bond donors (Lipinski definition) is 0. The molecule has 0 spiro atoms. The highest BCUT2D eigenvalue weighted by molar-refractivity contribution is 9.13. The Kier molecular flexibility index (Phi) is 8.22. The van der Waals surface area contributed by atoms with Gasteiger partial charge in [0.2, 0.25) is 0 Å². The van der Waals surface area contributed by atoms with Crippen molar-refractivity contribution in [2.75, 3.05) is 13.2 Å². The van der Waals surface area contributed by atoms with Crippen LogP contribution in [-0.4, -0.2) is 13.2 Å². The summed E-state index contributed by atoms with van der Waals surface area (Å²) in [5.41, 5.74) is 1.98. The zero-order valence-electron chi connectivity index (χ0n) is 15.1. The van der Waals surface area contributed by atoms with Gasteiger partial charge in [-0.1, -0.05) is 51.3 Å². The molecule has 0 saturated heterocycles. The van der Waals surface area contributed by atoms with Crippen LogP contribution in [0, 0.1) is 0 Å². The van der Waals surface area contributed by atoms with Gasteiger partial charge in [-0.25, -0.2) is 0 Å². The standard InChI is InChI=1S/C21H20Br4O2/c1-5-11-26-15-9-7-13(17(22)19(15)24)21(3,4)14-8-10-16(27-12-6-2)20(25)18(14)23/h5-10H,1-2,11-12H2,3-4H3. The molecule has 0 aliphatic rings. The van der Waals surface area contributed by atoms with Gasteiger partial charge in [-0.3, -0.25) is 0 Å². The van der Waals surface area contributed by atoms with Crippen molar-refractivity contribution in [3.05, 3.63) is 78.6 Å². The molecule has 2 nitrogen and oxygen atoms in total. The first kappa shape index (κ1) is 22.7. The van der Waals surface area contributed by atoms with E-state index >= 15 is 0 Å². The first-order valence-corrected chi connectivity index (χ1v) is 11.4. The summed E-state index contributed by atoms with van der Waals surface area (Å²) >= 11 is 14.8. The smallest absolute Gasteiger partial charge is 0.135 e. The van der Waals surface area contributed by atoms with E-state index in [1.165, 1.54) is 0 Å². The summed E-state index contributed by atoms with van der Waals surface area (Å²) in [5, 5.41) is 0. The summed E-state index contributed by atoms with van der Waals surface area (Å²) in [6.45, 7) is 12.7. The van der Waals surface area contributed by atoms with E-state index in [1.807, 2.05) is 12.1 Å². The molecule has 0 amide bonds. The van der Waals surface area contributed by atoms with Gasteiger partial charge in [-0.15, -0.1) is 0 Å². The minimum atomic E-state index is -0.281. The molecule has 2 rings (SSSR count). The predicted molar refractivity (Wildman–Crippen MR) is 127 cm³/mol. The molecule has 0 saturated carbocycles. The molecule has 2 aromatic carbocycles. The van der Waals surface area contributed by atoms with Gasteiger partial charge in [0.25, 0.3) is 0 Å². The van der Waals surface area contributed by atoms with E-state index in [9.17, 15) is 0 Å². The third-order valence-corrected chi connectivity index (χ3v) is 8.44. The SMILES string of the molecule is C=CCOc1ccc(C(C)(C)c2ccc(OCC=C)c(Br)c2Br)c(Br)c1Br. The Hall–Kier alpha value is -0.560. The van der Waals surface area contributed by atoms with Crippen LogP contribution in [0.2, 0.25) is 0 Å². The molecule has 0 N–H and O–H groups in total. The summed E-state index contributed by atoms with van der Waals surface area (Å²) in [5.74, 6) is 1.55. The van der Waals surface area contributed by atoms with Crippen LogP contribution in [0.3, 0.4) is 0 Å². The second kappa shape index (κ2) is 9.77. The van der Waals surface area contributed by atoms with Crippen LogP contribution >= 0.6 is 63.7 Å². The Bertz CT molecular complexity index is 790. The van der Waals surface area contributed by atoms with Crippen LogP contribution in [0.4, 0.5) is 0 Å². The molecular weight excluding hydrogens is 604 g/mol. The minimum Gasteiger partial charge on any atom is -0.488 e. The van der Waals surface area contributed by atoms with Crippen molar-refractivity contribution in [1.82, 2.24) is 0 Å². The average Bonchev–Trinajstić information content (AvgIpc) is 2.63. The Labute approximate surface area is 194 Å². The maximum absolute atomic E-state index is 5.70. The fourth-order valence-corrected chi connectivity index (χ4v) is 5.26. The topological polar surface area (TPSA) is 18.5 Å². The van der Waals surface area contributed by atoms with E-state index in [2.05, 4.69) is 103 Å². The molecule has 0 aromatic heterocycles. The Morgan fingerprint density at radius 1 is 0.741 bits per heavy atom. The lowest BCUT2D eigenvalue weighted by Gasteiger charge is -2.30. The molecule has 0 atom stereocenters. The van der Waals surface area contributed by atoms with Crippen molar-refractivity contribution in [2.24, 2.45) is 0 Å². The molecule has 27 heavy (non-hydrogen) atoms. The second-order valence-electron chi connectivity index (χ2n) is 6.30. The van der Waals surface area contributed by atoms with Crippen molar-refractivity contribution in [1.29, 1.82) is 0 Å². The second-order valence-corrected chi connectivity index (χ2v) is 9.47. The molecule has 0 heterocycles. The van der Waals surface area contributed by atoms with Crippen molar-refractivity contribution >= 4 is 63.7 Å². The Balaban J connectivity index is 2.49. The molecule has 2 aromatic rings. The van der Waals surface area contributed by atoms with Gasteiger partial charge in [-0.05, 0) is 87.0 Å². The molecule has 144 valence electrons. The normalized spacial score (nSPS) is 11.2. The highest BCUT2D eigenvalue weighted by Gasteiger charge is 2.30. The largest absolute Gasteiger partial charge is 0.488 e. The number of hydrogen-bond acceptors (Lipinski definition) is 2. The number of ether oxygens (including phenoxy) is 2. The van der Waals surface area contributed by atoms with Crippen molar-refractivity contribution < 1.29 is 9.47 Å². The van der Waals surface area contributed by atoms with Crippen molar-refractivity contribution in [2.45, 2.75) is 19.3 Å². The van der Waals surface area contributed by atoms with E-state index in [0.717, 1.165) is 40.5 Å². The molecule has 0 aliphatic heterocycles. The first-order chi connectivity index (χ1) is 12.8. The van der Waals surface area contributed by atoms with Gasteiger partial charge in [0.05, 0.1) is 8.95 Å². The fourth-order valence-electron chi connectivity index (χ4n) is 2.69. The first-order valence-electron chi connectivity index (χ1n) is 8.20. The van der Waals surface area contributed by atoms with E-state index < -0.39 is 0 Å². The van der Waals surface area contributed by atoms with Crippen molar-refractivity contribution in [3.63, 3.8) is 0 Å². The zero-order valence-corrected chi connectivity index (χ0v) is 21.5. The summed E-state index contributed by atoms with van der Waals surface area (Å²) < 4.78 is 15.1. The molecule has 0 fully saturated rings. The minimum absolute atomic E-state index is 0.281. The zero-order chi connectivity index (χ0) is 20.2. The van der Waals surface area contributed by atoms with Crippen LogP contribution < -0.4 is 9.47 Å². The Morgan fingerprint density at radius 2 is 1.11 bits per heavy atom. The summed E-state index contributed by atoms with van der Waals surface area (Å²) in [7, 11) is 0. The number of rotatable bonds is 8. The lowest BCUT2D eigenvalue weighted by atomic mass is 9.78. The van der Waals surface area contributed by atoms with E-state index in [-0.39, 0.29) is 5.41 Å². The fraction of sp³-hybridized carbons (Fsp3) is 0.238. The number of benzene rings is 2. The molecular formula is C21H20Br4O2. The molecule has 0 aliphatic carbocycles. The Morgan fingerprint density at radius 3 is 1.44 bits per heavy atom. The van der Waals surface area contributed by atoms with Gasteiger partial charge in [0, 0.05) is 14.4 Å². The quantitative estimate of drug-likeness (QED) is 0.276. The summed E-state index contributed by atoms with van der Waals surface area (Å²) in [6, 6.07) is 8.10. The van der Waals surface area contributed by atoms with Crippen LogP contribution in [0.25, 0.3) is 0 Å². The highest BCUT2D eigenvalue weighted by atomic mass is 79.9. The van der Waals surface area contributed by atoms with E-state index in [4.69, 9.17) is 9.47 Å². The third kappa shape index (κ3) is 4.89. The highest BCUT2D eigenvalue weighted by Crippen LogP contribution is 2.47. The summed E-state index contributed by atoms with van der Waals surface area (Å²) in [4.78, 5) is 0. The molecule has 0 unspecified atom stereocenters. The van der Waals surface area contributed by atoms with Gasteiger partial charge < -0.3 is 9.47 Å². The van der Waals surface area contributed by atoms with E-state index in [1.54, 1.807) is 12.2 Å². The third-order valence-electron chi connectivity index (χ3n) is 4.15. The van der Waals surface area contributed by atoms with Crippen LogP contribution in [0.5, 0.6) is 11.5 Å².